The zero-order chi connectivity index (χ0) is 12.8. The topological polar surface area (TPSA) is 21.3 Å². The molecule has 2 heteroatoms. The largest absolute Gasteiger partial charge is 0.380 e. The van der Waals surface area contributed by atoms with Gasteiger partial charge in [-0.15, -0.1) is 0 Å². The number of hydrogen-bond acceptors (Lipinski definition) is 2. The molecule has 18 heavy (non-hydrogen) atoms. The number of ether oxygens (including phenoxy) is 1. The highest BCUT2D eigenvalue weighted by Gasteiger charge is 2.19. The second-order valence-corrected chi connectivity index (χ2v) is 5.57. The van der Waals surface area contributed by atoms with E-state index in [9.17, 15) is 0 Å². The van der Waals surface area contributed by atoms with Crippen molar-refractivity contribution >= 4 is 0 Å². The van der Waals surface area contributed by atoms with Crippen LogP contribution in [0.25, 0.3) is 0 Å². The number of benzene rings is 1. The molecule has 1 N–H and O–H groups in total. The van der Waals surface area contributed by atoms with Crippen molar-refractivity contribution in [3.8, 4) is 0 Å². The first-order valence-electron chi connectivity index (χ1n) is 7.08. The van der Waals surface area contributed by atoms with E-state index in [1.807, 2.05) is 0 Å². The van der Waals surface area contributed by atoms with Gasteiger partial charge in [0.05, 0.1) is 6.61 Å². The number of hydrogen-bond donors (Lipinski definition) is 1. The number of rotatable bonds is 7. The van der Waals surface area contributed by atoms with Crippen molar-refractivity contribution in [2.45, 2.75) is 51.8 Å². The second-order valence-electron chi connectivity index (χ2n) is 5.57. The van der Waals surface area contributed by atoms with Gasteiger partial charge in [-0.3, -0.25) is 0 Å². The molecule has 0 aromatic heterocycles. The quantitative estimate of drug-likeness (QED) is 0.796. The van der Waals surface area contributed by atoms with Crippen LogP contribution in [0.3, 0.4) is 0 Å². The third-order valence-electron chi connectivity index (χ3n) is 3.87. The van der Waals surface area contributed by atoms with E-state index in [2.05, 4.69) is 36.5 Å². The average molecular weight is 247 g/mol. The monoisotopic (exact) mass is 247 g/mol. The van der Waals surface area contributed by atoms with Crippen LogP contribution in [0.5, 0.6) is 0 Å². The summed E-state index contributed by atoms with van der Waals surface area (Å²) in [6.07, 6.45) is 5.65. The molecule has 1 unspecified atom stereocenters. The standard InChI is InChI=1S/C16H25NO/c1-13(9-14-5-3-6-14)17-11-15-7-4-8-16(10-15)12-18-2/h4,7-8,10,13-14,17H,3,5-6,9,11-12H2,1-2H3. The van der Waals surface area contributed by atoms with Gasteiger partial charge in [0.1, 0.15) is 0 Å². The molecule has 2 rings (SSSR count). The SMILES string of the molecule is COCc1cccc(CNC(C)CC2CCC2)c1. The van der Waals surface area contributed by atoms with E-state index in [-0.39, 0.29) is 0 Å². The Morgan fingerprint density at radius 1 is 1.33 bits per heavy atom. The minimum atomic E-state index is 0.626. The Bertz CT molecular complexity index is 360. The van der Waals surface area contributed by atoms with Gasteiger partial charge in [-0.05, 0) is 30.4 Å². The van der Waals surface area contributed by atoms with Gasteiger partial charge in [-0.25, -0.2) is 0 Å². The Hall–Kier alpha value is -0.860. The van der Waals surface area contributed by atoms with Crippen molar-refractivity contribution in [1.82, 2.24) is 5.32 Å². The fourth-order valence-electron chi connectivity index (χ4n) is 2.60. The predicted octanol–water partition coefficient (Wildman–Crippen LogP) is 3.50. The smallest absolute Gasteiger partial charge is 0.0713 e. The van der Waals surface area contributed by atoms with Crippen molar-refractivity contribution in [1.29, 1.82) is 0 Å². The minimum Gasteiger partial charge on any atom is -0.380 e. The van der Waals surface area contributed by atoms with Crippen molar-refractivity contribution in [2.75, 3.05) is 7.11 Å². The molecule has 2 nitrogen and oxygen atoms in total. The molecule has 1 aromatic rings. The van der Waals surface area contributed by atoms with E-state index in [0.717, 1.165) is 12.5 Å². The minimum absolute atomic E-state index is 0.626. The van der Waals surface area contributed by atoms with Gasteiger partial charge in [0, 0.05) is 19.7 Å². The van der Waals surface area contributed by atoms with Crippen LogP contribution in [-0.4, -0.2) is 13.2 Å². The van der Waals surface area contributed by atoms with E-state index in [0.29, 0.717) is 12.6 Å². The molecule has 0 radical (unpaired) electrons. The van der Waals surface area contributed by atoms with Crippen LogP contribution in [0.1, 0.15) is 43.7 Å². The molecular formula is C16H25NO. The van der Waals surface area contributed by atoms with Gasteiger partial charge < -0.3 is 10.1 Å². The summed E-state index contributed by atoms with van der Waals surface area (Å²) in [7, 11) is 1.74. The number of nitrogens with one attached hydrogen (secondary N) is 1. The van der Waals surface area contributed by atoms with E-state index in [4.69, 9.17) is 4.74 Å². The summed E-state index contributed by atoms with van der Waals surface area (Å²) in [4.78, 5) is 0. The van der Waals surface area contributed by atoms with Gasteiger partial charge in [-0.2, -0.15) is 0 Å². The van der Waals surface area contributed by atoms with Crippen LogP contribution >= 0.6 is 0 Å². The Morgan fingerprint density at radius 3 is 2.78 bits per heavy atom. The third kappa shape index (κ3) is 4.11. The van der Waals surface area contributed by atoms with Crippen LogP contribution in [0.15, 0.2) is 24.3 Å². The lowest BCUT2D eigenvalue weighted by atomic mass is 9.81. The van der Waals surface area contributed by atoms with Gasteiger partial charge in [0.15, 0.2) is 0 Å². The molecule has 1 fully saturated rings. The lowest BCUT2D eigenvalue weighted by Crippen LogP contribution is -2.29. The summed E-state index contributed by atoms with van der Waals surface area (Å²) < 4.78 is 5.16. The molecule has 0 saturated heterocycles. The molecule has 1 aliphatic rings. The molecule has 100 valence electrons. The van der Waals surface area contributed by atoms with Crippen molar-refractivity contribution < 1.29 is 4.74 Å². The molecular weight excluding hydrogens is 222 g/mol. The molecule has 1 saturated carbocycles. The van der Waals surface area contributed by atoms with E-state index < -0.39 is 0 Å². The molecule has 1 atom stereocenters. The summed E-state index contributed by atoms with van der Waals surface area (Å²) in [5.41, 5.74) is 2.61. The molecule has 0 spiro atoms. The normalized spacial score (nSPS) is 17.4. The second kappa shape index (κ2) is 6.91. The summed E-state index contributed by atoms with van der Waals surface area (Å²) in [6, 6.07) is 9.27. The Kier molecular flexibility index (Phi) is 5.21. The Labute approximate surface area is 111 Å². The lowest BCUT2D eigenvalue weighted by Gasteiger charge is -2.28. The van der Waals surface area contributed by atoms with Gasteiger partial charge in [0.2, 0.25) is 0 Å². The van der Waals surface area contributed by atoms with E-state index in [1.54, 1.807) is 7.11 Å². The summed E-state index contributed by atoms with van der Waals surface area (Å²) in [5.74, 6) is 0.979. The van der Waals surface area contributed by atoms with Crippen LogP contribution in [0.2, 0.25) is 0 Å². The van der Waals surface area contributed by atoms with Crippen LogP contribution in [0.4, 0.5) is 0 Å². The summed E-state index contributed by atoms with van der Waals surface area (Å²) in [6.45, 7) is 3.97. The molecule has 0 aliphatic heterocycles. The summed E-state index contributed by atoms with van der Waals surface area (Å²) >= 11 is 0. The zero-order valence-corrected chi connectivity index (χ0v) is 11.6. The molecule has 0 bridgehead atoms. The van der Waals surface area contributed by atoms with E-state index >= 15 is 0 Å². The molecule has 1 aromatic carbocycles. The maximum absolute atomic E-state index is 5.16. The first kappa shape index (κ1) is 13.6. The van der Waals surface area contributed by atoms with Crippen molar-refractivity contribution in [2.24, 2.45) is 5.92 Å². The number of methoxy groups -OCH3 is 1. The third-order valence-corrected chi connectivity index (χ3v) is 3.87. The zero-order valence-electron chi connectivity index (χ0n) is 11.6. The highest BCUT2D eigenvalue weighted by molar-refractivity contribution is 5.22. The lowest BCUT2D eigenvalue weighted by molar-refractivity contribution is 0.185. The summed E-state index contributed by atoms with van der Waals surface area (Å²) in [5, 5.41) is 3.63. The first-order valence-corrected chi connectivity index (χ1v) is 7.08. The van der Waals surface area contributed by atoms with Crippen molar-refractivity contribution in [3.05, 3.63) is 35.4 Å². The maximum atomic E-state index is 5.16. The fraction of sp³-hybridized carbons (Fsp3) is 0.625. The van der Waals surface area contributed by atoms with Crippen molar-refractivity contribution in [3.63, 3.8) is 0 Å². The highest BCUT2D eigenvalue weighted by atomic mass is 16.5. The first-order chi connectivity index (χ1) is 8.78. The van der Waals surface area contributed by atoms with E-state index in [1.165, 1.54) is 36.8 Å². The van der Waals surface area contributed by atoms with Crippen LogP contribution < -0.4 is 5.32 Å². The molecule has 1 aliphatic carbocycles. The van der Waals surface area contributed by atoms with Gasteiger partial charge in [0.25, 0.3) is 0 Å². The average Bonchev–Trinajstić information content (AvgIpc) is 2.32. The van der Waals surface area contributed by atoms with Crippen LogP contribution in [-0.2, 0) is 17.9 Å². The maximum Gasteiger partial charge on any atom is 0.0713 e. The van der Waals surface area contributed by atoms with Gasteiger partial charge >= 0.3 is 0 Å². The Balaban J connectivity index is 1.75. The fourth-order valence-corrected chi connectivity index (χ4v) is 2.60. The van der Waals surface area contributed by atoms with Crippen LogP contribution in [0, 0.1) is 5.92 Å². The highest BCUT2D eigenvalue weighted by Crippen LogP contribution is 2.30. The molecule has 0 heterocycles. The molecule has 0 amide bonds. The predicted molar refractivity (Wildman–Crippen MR) is 75.4 cm³/mol. The Morgan fingerprint density at radius 2 is 2.11 bits per heavy atom. The van der Waals surface area contributed by atoms with Gasteiger partial charge in [-0.1, -0.05) is 43.5 Å².